The van der Waals surface area contributed by atoms with Gasteiger partial charge in [-0.15, -0.1) is 0 Å². The molecule has 0 unspecified atom stereocenters. The summed E-state index contributed by atoms with van der Waals surface area (Å²) in [6, 6.07) is 35.2. The van der Waals surface area contributed by atoms with Crippen LogP contribution in [0.1, 0.15) is 74.9 Å². The highest BCUT2D eigenvalue weighted by Gasteiger charge is 2.26. The lowest BCUT2D eigenvalue weighted by atomic mass is 9.95. The molecule has 6 aromatic rings. The number of rotatable bonds is 8. The number of carbonyl (C=O) groups excluding carboxylic acids is 4. The van der Waals surface area contributed by atoms with E-state index in [1.807, 2.05) is 86.9 Å². The Morgan fingerprint density at radius 2 is 0.758 bits per heavy atom. The van der Waals surface area contributed by atoms with Crippen LogP contribution in [0.2, 0.25) is 0 Å². The minimum Gasteiger partial charge on any atom is -0.465 e. The Morgan fingerprint density at radius 1 is 0.409 bits per heavy atom. The third-order valence-corrected chi connectivity index (χ3v) is 11.9. The zero-order valence-corrected chi connectivity index (χ0v) is 36.9. The van der Waals surface area contributed by atoms with Gasteiger partial charge >= 0.3 is 23.9 Å². The Labute approximate surface area is 379 Å². The fourth-order valence-electron chi connectivity index (χ4n) is 8.55. The normalized spacial score (nSPS) is 14.0. The van der Waals surface area contributed by atoms with Crippen LogP contribution in [0.3, 0.4) is 0 Å². The number of benzene rings is 4. The molecule has 0 aliphatic carbocycles. The topological polar surface area (TPSA) is 140 Å². The van der Waals surface area contributed by atoms with Gasteiger partial charge < -0.3 is 28.1 Å². The highest BCUT2D eigenvalue weighted by Crippen LogP contribution is 2.37. The van der Waals surface area contributed by atoms with Crippen molar-refractivity contribution in [1.82, 2.24) is 9.13 Å². The molecule has 8 bridgehead atoms. The number of ether oxygens (including phenoxy) is 4. The van der Waals surface area contributed by atoms with Gasteiger partial charge in [0.05, 0.1) is 89.9 Å². The van der Waals surface area contributed by atoms with Crippen LogP contribution >= 0.6 is 0 Å². The molecule has 12 nitrogen and oxygen atoms in total. The maximum absolute atomic E-state index is 12.6. The second kappa shape index (κ2) is 17.5. The number of aliphatic imine (C=N–C) groups is 2. The first kappa shape index (κ1) is 42.7. The van der Waals surface area contributed by atoms with Crippen molar-refractivity contribution >= 4 is 57.6 Å². The summed E-state index contributed by atoms with van der Waals surface area (Å²) in [7, 11) is 9.40. The van der Waals surface area contributed by atoms with Crippen LogP contribution in [-0.4, -0.2) is 72.9 Å². The van der Waals surface area contributed by atoms with Crippen molar-refractivity contribution in [2.75, 3.05) is 28.4 Å². The van der Waals surface area contributed by atoms with E-state index in [1.165, 1.54) is 28.4 Å². The fraction of sp³-hybridized carbons (Fsp3) is 0.111. The van der Waals surface area contributed by atoms with Crippen LogP contribution in [-0.2, 0) is 33.0 Å². The van der Waals surface area contributed by atoms with Crippen molar-refractivity contribution in [2.45, 2.75) is 0 Å². The third kappa shape index (κ3) is 7.64. The van der Waals surface area contributed by atoms with E-state index in [0.29, 0.717) is 45.1 Å². The van der Waals surface area contributed by atoms with E-state index in [2.05, 4.69) is 33.5 Å². The molecule has 0 amide bonds. The van der Waals surface area contributed by atoms with Gasteiger partial charge in [-0.05, 0) is 113 Å². The van der Waals surface area contributed by atoms with Crippen LogP contribution in [0.5, 0.6) is 0 Å². The minimum atomic E-state index is -0.454. The summed E-state index contributed by atoms with van der Waals surface area (Å²) in [5.41, 5.74) is 12.4. The molecule has 0 radical (unpaired) electrons. The Balaban J connectivity index is 1.40. The van der Waals surface area contributed by atoms with E-state index in [9.17, 15) is 19.2 Å². The number of allylic oxidation sites excluding steroid dienone is 5. The number of aromatic nitrogens is 2. The summed E-state index contributed by atoms with van der Waals surface area (Å²) in [4.78, 5) is 60.9. The molecule has 0 fully saturated rings. The fourth-order valence-corrected chi connectivity index (χ4v) is 8.55. The maximum atomic E-state index is 12.6. The lowest BCUT2D eigenvalue weighted by Crippen LogP contribution is -2.29. The van der Waals surface area contributed by atoms with Crippen LogP contribution in [0, 0.1) is 0 Å². The molecule has 12 heteroatoms. The largest absolute Gasteiger partial charge is 0.465 e. The van der Waals surface area contributed by atoms with Gasteiger partial charge in [-0.25, -0.2) is 29.2 Å². The van der Waals surface area contributed by atoms with E-state index in [-0.39, 0.29) is 0 Å². The standard InChI is InChI=1S/C54H42N4O8/c1-57-30-39-29-46(57)50(34-13-21-38(22-14-34)54(62)66-6)45-28-27-44(58(45)2)49(33-11-19-37(20-12-33)53(61)65-5)43-26-25-42(56-43)48(32-9-17-36(18-10-32)52(60)64-4)41-24-23-40(55-41)47(39)31-7-15-35(16-8-31)51(59)63-3/h7-30H,1-6H3. The smallest absolute Gasteiger partial charge is 0.337 e. The van der Waals surface area contributed by atoms with E-state index in [4.69, 9.17) is 28.9 Å². The highest BCUT2D eigenvalue weighted by atomic mass is 16.5. The highest BCUT2D eigenvalue weighted by molar-refractivity contribution is 6.35. The van der Waals surface area contributed by atoms with Gasteiger partial charge in [0.1, 0.15) is 0 Å². The zero-order valence-electron chi connectivity index (χ0n) is 36.9. The summed E-state index contributed by atoms with van der Waals surface area (Å²) < 4.78 is 24.3. The average molecular weight is 875 g/mol. The molecule has 3 aliphatic heterocycles. The molecular weight excluding hydrogens is 833 g/mol. The van der Waals surface area contributed by atoms with Crippen LogP contribution in [0.4, 0.5) is 0 Å². The summed E-state index contributed by atoms with van der Waals surface area (Å²) in [6.07, 6.45) is 9.90. The predicted molar refractivity (Wildman–Crippen MR) is 251 cm³/mol. The van der Waals surface area contributed by atoms with Crippen LogP contribution in [0.15, 0.2) is 167 Å². The SMILES string of the molecule is COC(=O)c1ccc(C2=C3C=CC(=N3)C(c3ccc(C(=O)OC)cc3)=c3ccc(n3C)=C(c3ccc(C(=O)OC)cc3)c3cc(cn3C)C(c3ccc(C(=O)OC)cc3)=C3C=CC2=N3)cc1. The average Bonchev–Trinajstić information content (AvgIpc) is 4.18. The Bertz CT molecular complexity index is 3340. The zero-order chi connectivity index (χ0) is 46.2. The molecule has 0 saturated heterocycles. The van der Waals surface area contributed by atoms with E-state index in [1.54, 1.807) is 48.5 Å². The number of esters is 4. The molecule has 4 aromatic carbocycles. The maximum Gasteiger partial charge on any atom is 0.337 e. The van der Waals surface area contributed by atoms with Gasteiger partial charge in [-0.3, -0.25) is 0 Å². The number of hydrogen-bond donors (Lipinski definition) is 0. The van der Waals surface area contributed by atoms with Crippen molar-refractivity contribution < 1.29 is 38.1 Å². The second-order valence-corrected chi connectivity index (χ2v) is 15.6. The van der Waals surface area contributed by atoms with E-state index in [0.717, 1.165) is 66.5 Å². The van der Waals surface area contributed by atoms with Crippen molar-refractivity contribution in [2.24, 2.45) is 24.1 Å². The second-order valence-electron chi connectivity index (χ2n) is 15.6. The van der Waals surface area contributed by atoms with Crippen LogP contribution in [0.25, 0.3) is 22.3 Å². The van der Waals surface area contributed by atoms with E-state index < -0.39 is 23.9 Å². The summed E-state index contributed by atoms with van der Waals surface area (Å²) in [5, 5.41) is 1.70. The van der Waals surface area contributed by atoms with Gasteiger partial charge in [0, 0.05) is 48.1 Å². The first-order chi connectivity index (χ1) is 32.0. The predicted octanol–water partition coefficient (Wildman–Crippen LogP) is 7.16. The molecule has 0 saturated carbocycles. The molecule has 0 spiro atoms. The number of methoxy groups -OCH3 is 4. The lowest BCUT2D eigenvalue weighted by molar-refractivity contribution is 0.0592. The Hall–Kier alpha value is -8.64. The molecule has 0 atom stereocenters. The van der Waals surface area contributed by atoms with Crippen LogP contribution < -0.4 is 10.7 Å². The van der Waals surface area contributed by atoms with Crippen molar-refractivity contribution in [3.05, 3.63) is 224 Å². The summed E-state index contributed by atoms with van der Waals surface area (Å²) in [6.45, 7) is 0. The molecule has 66 heavy (non-hydrogen) atoms. The van der Waals surface area contributed by atoms with Crippen molar-refractivity contribution in [3.8, 4) is 0 Å². The monoisotopic (exact) mass is 874 g/mol. The molecule has 5 heterocycles. The third-order valence-electron chi connectivity index (χ3n) is 11.9. The van der Waals surface area contributed by atoms with Gasteiger partial charge in [-0.2, -0.15) is 0 Å². The first-order valence-electron chi connectivity index (χ1n) is 20.9. The number of hydrogen-bond acceptors (Lipinski definition) is 10. The first-order valence-corrected chi connectivity index (χ1v) is 20.9. The minimum absolute atomic E-state index is 0.398. The van der Waals surface area contributed by atoms with Crippen molar-refractivity contribution in [3.63, 3.8) is 0 Å². The van der Waals surface area contributed by atoms with Gasteiger partial charge in [-0.1, -0.05) is 48.5 Å². The molecule has 9 rings (SSSR count). The molecule has 0 N–H and O–H groups in total. The van der Waals surface area contributed by atoms with Gasteiger partial charge in [0.2, 0.25) is 0 Å². The number of fused-ring (bicyclic) bond motifs is 6. The Morgan fingerprint density at radius 3 is 1.18 bits per heavy atom. The number of aryl methyl sites for hydroxylation is 1. The molecule has 2 aromatic heterocycles. The molecular formula is C54H42N4O8. The van der Waals surface area contributed by atoms with E-state index >= 15 is 0 Å². The number of nitrogens with zero attached hydrogens (tertiary/aromatic N) is 4. The van der Waals surface area contributed by atoms with Gasteiger partial charge in [0.15, 0.2) is 0 Å². The summed E-state index contributed by atoms with van der Waals surface area (Å²) >= 11 is 0. The molecule has 3 aliphatic rings. The Kier molecular flexibility index (Phi) is 11.3. The van der Waals surface area contributed by atoms with Crippen molar-refractivity contribution in [1.29, 1.82) is 0 Å². The lowest BCUT2D eigenvalue weighted by Gasteiger charge is -2.13. The quantitative estimate of drug-likeness (QED) is 0.116. The van der Waals surface area contributed by atoms with Gasteiger partial charge in [0.25, 0.3) is 0 Å². The summed E-state index contributed by atoms with van der Waals surface area (Å²) in [5.74, 6) is -1.79. The number of carbonyl (C=O) groups is 4. The molecule has 326 valence electrons.